The van der Waals surface area contributed by atoms with E-state index < -0.39 is 5.60 Å². The lowest BCUT2D eigenvalue weighted by Gasteiger charge is -2.19. The highest BCUT2D eigenvalue weighted by Gasteiger charge is 2.16. The number of hydrogen-bond donors (Lipinski definition) is 0. The Hall–Kier alpha value is -2.46. The molecule has 0 saturated carbocycles. The van der Waals surface area contributed by atoms with Gasteiger partial charge in [-0.1, -0.05) is 101 Å². The molecule has 0 heterocycles. The van der Waals surface area contributed by atoms with Gasteiger partial charge >= 0.3 is 5.97 Å². The number of aldehydes is 2. The van der Waals surface area contributed by atoms with Crippen molar-refractivity contribution in [2.45, 2.75) is 161 Å². The van der Waals surface area contributed by atoms with Gasteiger partial charge in [0.25, 0.3) is 0 Å². The second-order valence-corrected chi connectivity index (χ2v) is 11.9. The minimum Gasteiger partial charge on any atom is -0.458 e. The fraction of sp³-hybridized carbons (Fsp3) is 0.767. The van der Waals surface area contributed by atoms with E-state index in [0.717, 1.165) is 49.4 Å². The van der Waals surface area contributed by atoms with Crippen LogP contribution in [0.5, 0.6) is 0 Å². The molecular formula is C43H82O9. The van der Waals surface area contributed by atoms with Crippen molar-refractivity contribution in [1.29, 1.82) is 0 Å². The van der Waals surface area contributed by atoms with Gasteiger partial charge in [0.05, 0.1) is 39.6 Å². The van der Waals surface area contributed by atoms with Crippen molar-refractivity contribution >= 4 is 24.3 Å². The van der Waals surface area contributed by atoms with E-state index in [9.17, 15) is 19.2 Å². The van der Waals surface area contributed by atoms with Crippen molar-refractivity contribution in [3.63, 3.8) is 0 Å². The summed E-state index contributed by atoms with van der Waals surface area (Å²) in [6.45, 7) is 32.8. The van der Waals surface area contributed by atoms with Crippen molar-refractivity contribution in [3.8, 4) is 0 Å². The van der Waals surface area contributed by atoms with Crippen LogP contribution in [0.2, 0.25) is 0 Å². The minimum atomic E-state index is -0.502. The number of benzene rings is 1. The maximum Gasteiger partial charge on any atom is 0.332 e. The Morgan fingerprint density at radius 2 is 1.17 bits per heavy atom. The average molecular weight is 743 g/mol. The number of carbonyl (C=O) groups excluding carboxylic acids is 4. The highest BCUT2D eigenvalue weighted by Crippen LogP contribution is 2.23. The molecule has 0 radical (unpaired) electrons. The maximum absolute atomic E-state index is 12.1. The van der Waals surface area contributed by atoms with Crippen molar-refractivity contribution in [2.24, 2.45) is 5.92 Å². The summed E-state index contributed by atoms with van der Waals surface area (Å²) in [5.74, 6) is -0.182. The topological polar surface area (TPSA) is 114 Å². The molecule has 52 heavy (non-hydrogen) atoms. The number of Topliss-reactive ketones (excluding diaryl/α,β-unsaturated/α-hetero) is 1. The molecule has 9 nitrogen and oxygen atoms in total. The van der Waals surface area contributed by atoms with Gasteiger partial charge in [0, 0.05) is 24.5 Å². The van der Waals surface area contributed by atoms with E-state index in [1.54, 1.807) is 13.8 Å². The lowest BCUT2D eigenvalue weighted by atomic mass is 9.89. The molecule has 0 aliphatic heterocycles. The van der Waals surface area contributed by atoms with E-state index in [-0.39, 0.29) is 24.3 Å². The molecule has 0 bridgehead atoms. The number of esters is 1. The van der Waals surface area contributed by atoms with Crippen molar-refractivity contribution in [3.05, 3.63) is 34.4 Å². The Kier molecular flexibility index (Phi) is 50.6. The normalized spacial score (nSPS) is 10.4. The molecule has 0 N–H and O–H groups in total. The third kappa shape index (κ3) is 38.8. The predicted octanol–water partition coefficient (Wildman–Crippen LogP) is 10.0. The summed E-state index contributed by atoms with van der Waals surface area (Å²) in [5.41, 5.74) is 3.98. The molecule has 0 fully saturated rings. The van der Waals surface area contributed by atoms with Crippen molar-refractivity contribution in [2.75, 3.05) is 52.9 Å². The summed E-state index contributed by atoms with van der Waals surface area (Å²) < 4.78 is 27.0. The number of carbonyl (C=O) groups is 4. The molecule has 9 heteroatoms. The second kappa shape index (κ2) is 44.7. The van der Waals surface area contributed by atoms with Crippen LogP contribution in [0, 0.1) is 5.92 Å². The van der Waals surface area contributed by atoms with Crippen LogP contribution in [0.1, 0.15) is 163 Å². The summed E-state index contributed by atoms with van der Waals surface area (Å²) >= 11 is 0. The van der Waals surface area contributed by atoms with Crippen LogP contribution in [-0.4, -0.2) is 82.8 Å². The van der Waals surface area contributed by atoms with E-state index >= 15 is 0 Å². The molecule has 0 amide bonds. The maximum atomic E-state index is 12.1. The summed E-state index contributed by atoms with van der Waals surface area (Å²) in [6.07, 6.45) is 9.07. The SMILES string of the molecule is CC.CC.CC.CC(C=O)CCC=O.CCCC.CCc1ccc(CCCOCCOCCOCCOCC(=O)OC(C)(C)C)c(CC)c1C(C)=O. The Labute approximate surface area is 320 Å². The minimum absolute atomic E-state index is 0.0419. The molecule has 0 aliphatic carbocycles. The molecule has 1 unspecified atom stereocenters. The molecule has 0 saturated heterocycles. The van der Waals surface area contributed by atoms with Gasteiger partial charge in [0.15, 0.2) is 5.78 Å². The van der Waals surface area contributed by atoms with Gasteiger partial charge < -0.3 is 33.3 Å². The van der Waals surface area contributed by atoms with Gasteiger partial charge in [-0.2, -0.15) is 0 Å². The standard InChI is InChI=1S/C27H44O7.C6H10O2.C4H10.3C2H6/c1-7-22-11-12-23(24(8-2)26(22)21(3)28)10-9-13-30-14-15-31-16-17-32-18-19-33-20-25(29)34-27(4,5)6;1-6(5-8)3-2-4-7;1-3-4-2;3*1-2/h11-12H,7-10,13-20H2,1-6H3;4-6H,2-3H2,1H3;3-4H2,1-2H3;3*1-2H3. The number of rotatable bonds is 23. The number of unbranched alkanes of at least 4 members (excludes halogenated alkanes) is 1. The molecule has 0 aromatic heterocycles. The molecule has 308 valence electrons. The van der Waals surface area contributed by atoms with Gasteiger partial charge in [-0.15, -0.1) is 0 Å². The molecule has 0 spiro atoms. The molecule has 1 rings (SSSR count). The lowest BCUT2D eigenvalue weighted by molar-refractivity contribution is -0.160. The zero-order valence-electron chi connectivity index (χ0n) is 36.4. The first-order chi connectivity index (χ1) is 24.9. The summed E-state index contributed by atoms with van der Waals surface area (Å²) in [7, 11) is 0. The lowest BCUT2D eigenvalue weighted by Crippen LogP contribution is -2.27. The third-order valence-electron chi connectivity index (χ3n) is 6.55. The van der Waals surface area contributed by atoms with Gasteiger partial charge in [-0.05, 0) is 76.5 Å². The first-order valence-corrected chi connectivity index (χ1v) is 20.0. The average Bonchev–Trinajstić information content (AvgIpc) is 3.15. The Bertz CT molecular complexity index is 937. The number of hydrogen-bond acceptors (Lipinski definition) is 9. The smallest absolute Gasteiger partial charge is 0.332 e. The second-order valence-electron chi connectivity index (χ2n) is 11.9. The Morgan fingerprint density at radius 1 is 0.712 bits per heavy atom. The Balaban J connectivity index is -0.000000340. The zero-order valence-corrected chi connectivity index (χ0v) is 36.4. The molecule has 1 aromatic rings. The van der Waals surface area contributed by atoms with Crippen LogP contribution in [-0.2, 0) is 57.3 Å². The summed E-state index contributed by atoms with van der Waals surface area (Å²) in [4.78, 5) is 43.2. The van der Waals surface area contributed by atoms with E-state index in [1.807, 2.05) is 62.3 Å². The fourth-order valence-corrected chi connectivity index (χ4v) is 4.06. The largest absolute Gasteiger partial charge is 0.458 e. The van der Waals surface area contributed by atoms with E-state index in [0.29, 0.717) is 59.1 Å². The quantitative estimate of drug-likeness (QED) is 0.0468. The molecule has 1 atom stereocenters. The number of ketones is 1. The summed E-state index contributed by atoms with van der Waals surface area (Å²) in [5, 5.41) is 0. The van der Waals surface area contributed by atoms with Gasteiger partial charge in [0.1, 0.15) is 24.8 Å². The number of ether oxygens (including phenoxy) is 5. The monoisotopic (exact) mass is 743 g/mol. The van der Waals surface area contributed by atoms with Crippen molar-refractivity contribution in [1.82, 2.24) is 0 Å². The van der Waals surface area contributed by atoms with Crippen molar-refractivity contribution < 1.29 is 42.9 Å². The summed E-state index contributed by atoms with van der Waals surface area (Å²) in [6, 6.07) is 4.25. The van der Waals surface area contributed by atoms with Crippen LogP contribution >= 0.6 is 0 Å². The molecular weight excluding hydrogens is 660 g/mol. The predicted molar refractivity (Wildman–Crippen MR) is 218 cm³/mol. The van der Waals surface area contributed by atoms with E-state index in [2.05, 4.69) is 39.8 Å². The Morgan fingerprint density at radius 3 is 1.56 bits per heavy atom. The van der Waals surface area contributed by atoms with Crippen LogP contribution in [0.4, 0.5) is 0 Å². The van der Waals surface area contributed by atoms with Gasteiger partial charge in [-0.25, -0.2) is 4.79 Å². The number of aryl methyl sites for hydroxylation is 2. The zero-order chi connectivity index (χ0) is 41.2. The highest BCUT2D eigenvalue weighted by molar-refractivity contribution is 5.97. The first kappa shape index (κ1) is 58.8. The first-order valence-electron chi connectivity index (χ1n) is 20.0. The van der Waals surface area contributed by atoms with Gasteiger partial charge in [0.2, 0.25) is 0 Å². The van der Waals surface area contributed by atoms with E-state index in [1.165, 1.54) is 24.0 Å². The highest BCUT2D eigenvalue weighted by atomic mass is 16.6. The fourth-order valence-electron chi connectivity index (χ4n) is 4.06. The van der Waals surface area contributed by atoms with Crippen LogP contribution in [0.25, 0.3) is 0 Å². The molecule has 0 aliphatic rings. The molecule has 1 aromatic carbocycles. The third-order valence-corrected chi connectivity index (χ3v) is 6.55. The van der Waals surface area contributed by atoms with Crippen LogP contribution in [0.3, 0.4) is 0 Å². The van der Waals surface area contributed by atoms with E-state index in [4.69, 9.17) is 23.7 Å². The van der Waals surface area contributed by atoms with Crippen LogP contribution < -0.4 is 0 Å². The van der Waals surface area contributed by atoms with Crippen LogP contribution in [0.15, 0.2) is 12.1 Å². The van der Waals surface area contributed by atoms with Gasteiger partial charge in [-0.3, -0.25) is 4.79 Å².